The largest absolute Gasteiger partial charge is 0.465 e. The van der Waals surface area contributed by atoms with E-state index in [2.05, 4.69) is 6.58 Å². The van der Waals surface area contributed by atoms with E-state index in [9.17, 15) is 4.79 Å². The van der Waals surface area contributed by atoms with Gasteiger partial charge in [0.25, 0.3) is 0 Å². The van der Waals surface area contributed by atoms with Crippen molar-refractivity contribution in [2.24, 2.45) is 5.41 Å². The molecule has 0 amide bonds. The molecule has 2 unspecified atom stereocenters. The zero-order chi connectivity index (χ0) is 11.3. The van der Waals surface area contributed by atoms with Crippen molar-refractivity contribution in [3.8, 4) is 0 Å². The number of rotatable bonds is 5. The summed E-state index contributed by atoms with van der Waals surface area (Å²) in [6.07, 6.45) is 4.64. The van der Waals surface area contributed by atoms with Crippen molar-refractivity contribution in [1.82, 2.24) is 0 Å². The lowest BCUT2D eigenvalue weighted by molar-refractivity contribution is -0.153. The zero-order valence-electron chi connectivity index (χ0n) is 9.62. The van der Waals surface area contributed by atoms with Crippen LogP contribution in [0.25, 0.3) is 0 Å². The summed E-state index contributed by atoms with van der Waals surface area (Å²) in [5.41, 5.74) is -0.606. The molecule has 0 saturated carbocycles. The quantitative estimate of drug-likeness (QED) is 0.518. The van der Waals surface area contributed by atoms with Crippen molar-refractivity contribution in [2.75, 3.05) is 13.2 Å². The second-order valence-electron chi connectivity index (χ2n) is 4.18. The second-order valence-corrected chi connectivity index (χ2v) is 4.18. The van der Waals surface area contributed by atoms with Crippen LogP contribution < -0.4 is 0 Å². The van der Waals surface area contributed by atoms with Crippen molar-refractivity contribution in [3.63, 3.8) is 0 Å². The van der Waals surface area contributed by atoms with Gasteiger partial charge in [0.2, 0.25) is 0 Å². The van der Waals surface area contributed by atoms with E-state index in [-0.39, 0.29) is 12.1 Å². The fourth-order valence-corrected chi connectivity index (χ4v) is 1.82. The smallest absolute Gasteiger partial charge is 0.315 e. The van der Waals surface area contributed by atoms with Gasteiger partial charge in [0.1, 0.15) is 0 Å². The standard InChI is InChI=1S/C12H20O3/c1-4-12(3,11(13)14-5-2)9-10-7-6-8-15-10/h4,10H,1,5-9H2,2-3H3. The molecule has 2 atom stereocenters. The Morgan fingerprint density at radius 1 is 1.73 bits per heavy atom. The molecule has 1 saturated heterocycles. The molecule has 1 heterocycles. The molecule has 1 rings (SSSR count). The summed E-state index contributed by atoms with van der Waals surface area (Å²) in [7, 11) is 0. The Balaban J connectivity index is 2.57. The fraction of sp³-hybridized carbons (Fsp3) is 0.750. The van der Waals surface area contributed by atoms with E-state index < -0.39 is 5.41 Å². The van der Waals surface area contributed by atoms with Crippen LogP contribution in [0.15, 0.2) is 12.7 Å². The molecule has 15 heavy (non-hydrogen) atoms. The normalized spacial score (nSPS) is 24.5. The van der Waals surface area contributed by atoms with Crippen LogP contribution in [0.2, 0.25) is 0 Å². The molecule has 3 nitrogen and oxygen atoms in total. The van der Waals surface area contributed by atoms with Crippen LogP contribution in [0.3, 0.4) is 0 Å². The van der Waals surface area contributed by atoms with Crippen LogP contribution in [-0.4, -0.2) is 25.3 Å². The first-order chi connectivity index (χ1) is 7.12. The van der Waals surface area contributed by atoms with Gasteiger partial charge in [-0.1, -0.05) is 6.08 Å². The summed E-state index contributed by atoms with van der Waals surface area (Å²) in [5.74, 6) is -0.199. The van der Waals surface area contributed by atoms with E-state index in [1.807, 2.05) is 13.8 Å². The van der Waals surface area contributed by atoms with Gasteiger partial charge in [0.05, 0.1) is 18.1 Å². The predicted octanol–water partition coefficient (Wildman–Crippen LogP) is 2.31. The van der Waals surface area contributed by atoms with Gasteiger partial charge in [-0.15, -0.1) is 6.58 Å². The van der Waals surface area contributed by atoms with Crippen molar-refractivity contribution < 1.29 is 14.3 Å². The molecular weight excluding hydrogens is 192 g/mol. The van der Waals surface area contributed by atoms with E-state index in [0.717, 1.165) is 19.4 Å². The molecule has 1 fully saturated rings. The monoisotopic (exact) mass is 212 g/mol. The Hall–Kier alpha value is -0.830. The van der Waals surface area contributed by atoms with Crippen molar-refractivity contribution >= 4 is 5.97 Å². The molecule has 0 spiro atoms. The third kappa shape index (κ3) is 3.06. The number of esters is 1. The minimum atomic E-state index is -0.606. The molecule has 0 aliphatic carbocycles. The molecule has 0 bridgehead atoms. The van der Waals surface area contributed by atoms with E-state index in [1.54, 1.807) is 6.08 Å². The minimum Gasteiger partial charge on any atom is -0.465 e. The van der Waals surface area contributed by atoms with Gasteiger partial charge in [-0.2, -0.15) is 0 Å². The summed E-state index contributed by atoms with van der Waals surface area (Å²) < 4.78 is 10.6. The van der Waals surface area contributed by atoms with Crippen LogP contribution in [0, 0.1) is 5.41 Å². The Morgan fingerprint density at radius 3 is 2.93 bits per heavy atom. The Kier molecular flexibility index (Phi) is 4.33. The molecular formula is C12H20O3. The summed E-state index contributed by atoms with van der Waals surface area (Å²) in [4.78, 5) is 11.7. The van der Waals surface area contributed by atoms with Crippen molar-refractivity contribution in [2.45, 2.75) is 39.2 Å². The molecule has 3 heteroatoms. The minimum absolute atomic E-state index is 0.178. The van der Waals surface area contributed by atoms with Gasteiger partial charge < -0.3 is 9.47 Å². The molecule has 86 valence electrons. The molecule has 0 aromatic carbocycles. The van der Waals surface area contributed by atoms with E-state index in [4.69, 9.17) is 9.47 Å². The fourth-order valence-electron chi connectivity index (χ4n) is 1.82. The third-order valence-electron chi connectivity index (χ3n) is 2.87. The number of hydrogen-bond acceptors (Lipinski definition) is 3. The third-order valence-corrected chi connectivity index (χ3v) is 2.87. The van der Waals surface area contributed by atoms with Crippen molar-refractivity contribution in [3.05, 3.63) is 12.7 Å². The van der Waals surface area contributed by atoms with Crippen LogP contribution in [-0.2, 0) is 14.3 Å². The first-order valence-electron chi connectivity index (χ1n) is 5.55. The average Bonchev–Trinajstić information content (AvgIpc) is 2.70. The summed E-state index contributed by atoms with van der Waals surface area (Å²) in [6.45, 7) is 8.61. The maximum Gasteiger partial charge on any atom is 0.315 e. The van der Waals surface area contributed by atoms with Crippen LogP contribution in [0.5, 0.6) is 0 Å². The zero-order valence-corrected chi connectivity index (χ0v) is 9.62. The molecule has 0 aromatic heterocycles. The molecule has 0 radical (unpaired) electrons. The maximum absolute atomic E-state index is 11.7. The van der Waals surface area contributed by atoms with Crippen LogP contribution in [0.1, 0.15) is 33.1 Å². The average molecular weight is 212 g/mol. The highest BCUT2D eigenvalue weighted by Gasteiger charge is 2.35. The van der Waals surface area contributed by atoms with Gasteiger partial charge in [-0.25, -0.2) is 0 Å². The van der Waals surface area contributed by atoms with Gasteiger partial charge in [0.15, 0.2) is 0 Å². The summed E-state index contributed by atoms with van der Waals surface area (Å²) in [5, 5.41) is 0. The molecule has 1 aliphatic heterocycles. The first-order valence-corrected chi connectivity index (χ1v) is 5.55. The van der Waals surface area contributed by atoms with Crippen LogP contribution in [0.4, 0.5) is 0 Å². The molecule has 1 aliphatic rings. The van der Waals surface area contributed by atoms with Gasteiger partial charge in [-0.05, 0) is 33.1 Å². The number of carbonyl (C=O) groups is 1. The summed E-state index contributed by atoms with van der Waals surface area (Å²) >= 11 is 0. The number of carbonyl (C=O) groups excluding carboxylic acids is 1. The number of hydrogen-bond donors (Lipinski definition) is 0. The lowest BCUT2D eigenvalue weighted by atomic mass is 9.84. The topological polar surface area (TPSA) is 35.5 Å². The Morgan fingerprint density at radius 2 is 2.47 bits per heavy atom. The lowest BCUT2D eigenvalue weighted by Crippen LogP contribution is -2.31. The SMILES string of the molecule is C=CC(C)(CC1CCCO1)C(=O)OCC. The summed E-state index contributed by atoms with van der Waals surface area (Å²) in [6, 6.07) is 0. The van der Waals surface area contributed by atoms with Crippen molar-refractivity contribution in [1.29, 1.82) is 0 Å². The van der Waals surface area contributed by atoms with E-state index in [0.29, 0.717) is 13.0 Å². The predicted molar refractivity (Wildman–Crippen MR) is 58.5 cm³/mol. The van der Waals surface area contributed by atoms with E-state index >= 15 is 0 Å². The number of ether oxygens (including phenoxy) is 2. The second kappa shape index (κ2) is 5.31. The van der Waals surface area contributed by atoms with Gasteiger partial charge >= 0.3 is 5.97 Å². The highest BCUT2D eigenvalue weighted by Crippen LogP contribution is 2.31. The molecule has 0 N–H and O–H groups in total. The van der Waals surface area contributed by atoms with E-state index in [1.165, 1.54) is 0 Å². The lowest BCUT2D eigenvalue weighted by Gasteiger charge is -2.25. The van der Waals surface area contributed by atoms with Gasteiger partial charge in [0, 0.05) is 6.61 Å². The highest BCUT2D eigenvalue weighted by atomic mass is 16.5. The Bertz CT molecular complexity index is 231. The molecule has 0 aromatic rings. The Labute approximate surface area is 91.4 Å². The van der Waals surface area contributed by atoms with Gasteiger partial charge in [-0.3, -0.25) is 4.79 Å². The van der Waals surface area contributed by atoms with Crippen LogP contribution >= 0.6 is 0 Å². The maximum atomic E-state index is 11.7. The highest BCUT2D eigenvalue weighted by molar-refractivity contribution is 5.78. The first kappa shape index (κ1) is 12.2.